The van der Waals surface area contributed by atoms with E-state index < -0.39 is 16.4 Å². The Labute approximate surface area is 115 Å². The zero-order valence-electron chi connectivity index (χ0n) is 11.3. The van der Waals surface area contributed by atoms with Crippen molar-refractivity contribution in [3.8, 4) is 0 Å². The minimum atomic E-state index is -0.770. The molecule has 0 aliphatic rings. The molecule has 6 heteroatoms. The topological polar surface area (TPSA) is 59.5 Å². The van der Waals surface area contributed by atoms with Crippen molar-refractivity contribution in [1.82, 2.24) is 4.90 Å². The molecule has 20 heavy (non-hydrogen) atoms. The van der Waals surface area contributed by atoms with Gasteiger partial charge < -0.3 is 4.42 Å². The van der Waals surface area contributed by atoms with Gasteiger partial charge in [0.1, 0.15) is 5.76 Å². The van der Waals surface area contributed by atoms with Crippen LogP contribution in [0.5, 0.6) is 0 Å². The van der Waals surface area contributed by atoms with Gasteiger partial charge in [0.05, 0.1) is 11.2 Å². The SMILES string of the molecule is Cc1occc1CN(C)Cc1cccc([N+](=O)[O-])c1F. The van der Waals surface area contributed by atoms with E-state index in [2.05, 4.69) is 0 Å². The van der Waals surface area contributed by atoms with Gasteiger partial charge >= 0.3 is 5.69 Å². The Bertz CT molecular complexity index is 625. The first kappa shape index (κ1) is 14.2. The van der Waals surface area contributed by atoms with Crippen LogP contribution in [0, 0.1) is 22.9 Å². The smallest absolute Gasteiger partial charge is 0.305 e. The summed E-state index contributed by atoms with van der Waals surface area (Å²) in [5.74, 6) is 0.0460. The summed E-state index contributed by atoms with van der Waals surface area (Å²) in [5, 5.41) is 10.7. The summed E-state index contributed by atoms with van der Waals surface area (Å²) in [7, 11) is 1.82. The molecule has 1 aromatic carbocycles. The quantitative estimate of drug-likeness (QED) is 0.622. The van der Waals surface area contributed by atoms with Gasteiger partial charge in [-0.2, -0.15) is 4.39 Å². The number of hydrogen-bond donors (Lipinski definition) is 0. The van der Waals surface area contributed by atoms with Gasteiger partial charge in [0.25, 0.3) is 0 Å². The van der Waals surface area contributed by atoms with E-state index in [9.17, 15) is 14.5 Å². The average Bonchev–Trinajstić information content (AvgIpc) is 2.77. The fourth-order valence-corrected chi connectivity index (χ4v) is 2.04. The summed E-state index contributed by atoms with van der Waals surface area (Å²) >= 11 is 0. The molecule has 0 N–H and O–H groups in total. The average molecular weight is 278 g/mol. The molecule has 1 heterocycles. The minimum absolute atomic E-state index is 0.290. The molecule has 0 fully saturated rings. The van der Waals surface area contributed by atoms with Gasteiger partial charge in [-0.05, 0) is 20.0 Å². The predicted octanol–water partition coefficient (Wildman–Crippen LogP) is 3.27. The molecule has 2 rings (SSSR count). The van der Waals surface area contributed by atoms with Gasteiger partial charge in [0, 0.05) is 30.3 Å². The Balaban J connectivity index is 2.12. The normalized spacial score (nSPS) is 11.0. The number of benzene rings is 1. The van der Waals surface area contributed by atoms with Crippen molar-refractivity contribution in [2.75, 3.05) is 7.05 Å². The molecule has 0 aliphatic carbocycles. The number of nitro groups is 1. The third kappa shape index (κ3) is 3.03. The van der Waals surface area contributed by atoms with Crippen LogP contribution in [0.3, 0.4) is 0 Å². The molecule has 0 radical (unpaired) electrons. The van der Waals surface area contributed by atoms with Crippen LogP contribution in [0.15, 0.2) is 34.9 Å². The molecule has 2 aromatic rings. The van der Waals surface area contributed by atoms with E-state index in [1.165, 1.54) is 12.1 Å². The molecule has 0 saturated carbocycles. The molecular formula is C14H15FN2O3. The molecule has 0 unspecified atom stereocenters. The van der Waals surface area contributed by atoms with E-state index >= 15 is 0 Å². The Morgan fingerprint density at radius 3 is 2.60 bits per heavy atom. The molecule has 0 amide bonds. The Hall–Kier alpha value is -2.21. The third-order valence-corrected chi connectivity index (χ3v) is 3.10. The number of nitro benzene ring substituents is 1. The van der Waals surface area contributed by atoms with E-state index in [1.807, 2.05) is 24.9 Å². The van der Waals surface area contributed by atoms with Crippen LogP contribution < -0.4 is 0 Å². The standard InChI is InChI=1S/C14H15FN2O3/c1-10-11(6-7-20-10)8-16(2)9-12-4-3-5-13(14(12)15)17(18)19/h3-7H,8-9H2,1-2H3. The minimum Gasteiger partial charge on any atom is -0.469 e. The fraction of sp³-hybridized carbons (Fsp3) is 0.286. The largest absolute Gasteiger partial charge is 0.469 e. The summed E-state index contributed by atoms with van der Waals surface area (Å²) in [4.78, 5) is 11.9. The van der Waals surface area contributed by atoms with Crippen molar-refractivity contribution < 1.29 is 13.7 Å². The van der Waals surface area contributed by atoms with E-state index in [4.69, 9.17) is 4.42 Å². The molecule has 0 atom stereocenters. The monoisotopic (exact) mass is 278 g/mol. The van der Waals surface area contributed by atoms with Crippen LogP contribution in [0.25, 0.3) is 0 Å². The van der Waals surface area contributed by atoms with E-state index in [-0.39, 0.29) is 6.54 Å². The molecule has 0 saturated heterocycles. The molecule has 106 valence electrons. The molecule has 5 nitrogen and oxygen atoms in total. The summed E-state index contributed by atoms with van der Waals surface area (Å²) in [5.41, 5.74) is 0.830. The van der Waals surface area contributed by atoms with Gasteiger partial charge in [0.15, 0.2) is 0 Å². The van der Waals surface area contributed by atoms with Crippen molar-refractivity contribution >= 4 is 5.69 Å². The lowest BCUT2D eigenvalue weighted by atomic mass is 10.1. The molecule has 1 aromatic heterocycles. The zero-order chi connectivity index (χ0) is 14.7. The van der Waals surface area contributed by atoms with Crippen molar-refractivity contribution in [2.24, 2.45) is 0 Å². The fourth-order valence-electron chi connectivity index (χ4n) is 2.04. The number of hydrogen-bond acceptors (Lipinski definition) is 4. The van der Waals surface area contributed by atoms with Gasteiger partial charge in [0.2, 0.25) is 5.82 Å². The first-order chi connectivity index (χ1) is 9.49. The van der Waals surface area contributed by atoms with Crippen LogP contribution in [0.2, 0.25) is 0 Å². The van der Waals surface area contributed by atoms with Crippen LogP contribution in [-0.4, -0.2) is 16.9 Å². The lowest BCUT2D eigenvalue weighted by molar-refractivity contribution is -0.387. The molecule has 0 bridgehead atoms. The van der Waals surface area contributed by atoms with Gasteiger partial charge in [-0.15, -0.1) is 0 Å². The van der Waals surface area contributed by atoms with Crippen molar-refractivity contribution in [1.29, 1.82) is 0 Å². The summed E-state index contributed by atoms with van der Waals surface area (Å²) in [6, 6.07) is 6.07. The number of halogens is 1. The van der Waals surface area contributed by atoms with E-state index in [0.29, 0.717) is 12.1 Å². The highest BCUT2D eigenvalue weighted by Crippen LogP contribution is 2.22. The molecule has 0 aliphatic heterocycles. The first-order valence-electron chi connectivity index (χ1n) is 6.12. The number of rotatable bonds is 5. The predicted molar refractivity (Wildman–Crippen MR) is 71.7 cm³/mol. The molecular weight excluding hydrogens is 263 g/mol. The summed E-state index contributed by atoms with van der Waals surface area (Å²) < 4.78 is 19.2. The van der Waals surface area contributed by atoms with Crippen molar-refractivity contribution in [3.05, 3.63) is 63.3 Å². The highest BCUT2D eigenvalue weighted by molar-refractivity contribution is 5.36. The van der Waals surface area contributed by atoms with E-state index in [0.717, 1.165) is 11.3 Å². The second kappa shape index (κ2) is 5.83. The summed E-state index contributed by atoms with van der Waals surface area (Å²) in [6.07, 6.45) is 1.60. The third-order valence-electron chi connectivity index (χ3n) is 3.10. The highest BCUT2D eigenvalue weighted by Gasteiger charge is 2.18. The maximum atomic E-state index is 14.0. The van der Waals surface area contributed by atoms with Gasteiger partial charge in [-0.1, -0.05) is 12.1 Å². The van der Waals surface area contributed by atoms with Crippen LogP contribution in [0.4, 0.5) is 10.1 Å². The number of nitrogens with zero attached hydrogens (tertiary/aromatic N) is 2. The summed E-state index contributed by atoms with van der Waals surface area (Å²) in [6.45, 7) is 2.74. The second-order valence-electron chi connectivity index (χ2n) is 4.68. The molecule has 0 spiro atoms. The van der Waals surface area contributed by atoms with Crippen LogP contribution in [0.1, 0.15) is 16.9 Å². The Kier molecular flexibility index (Phi) is 4.14. The number of aryl methyl sites for hydroxylation is 1. The lowest BCUT2D eigenvalue weighted by Gasteiger charge is -2.16. The van der Waals surface area contributed by atoms with Crippen LogP contribution >= 0.6 is 0 Å². The van der Waals surface area contributed by atoms with Crippen molar-refractivity contribution in [3.63, 3.8) is 0 Å². The number of furan rings is 1. The van der Waals surface area contributed by atoms with Crippen molar-refractivity contribution in [2.45, 2.75) is 20.0 Å². The lowest BCUT2D eigenvalue weighted by Crippen LogP contribution is -2.18. The van der Waals surface area contributed by atoms with E-state index in [1.54, 1.807) is 12.3 Å². The Morgan fingerprint density at radius 2 is 2.00 bits per heavy atom. The maximum absolute atomic E-state index is 14.0. The maximum Gasteiger partial charge on any atom is 0.305 e. The second-order valence-corrected chi connectivity index (χ2v) is 4.68. The van der Waals surface area contributed by atoms with Gasteiger partial charge in [-0.3, -0.25) is 15.0 Å². The van der Waals surface area contributed by atoms with Gasteiger partial charge in [-0.25, -0.2) is 0 Å². The zero-order valence-corrected chi connectivity index (χ0v) is 11.3. The van der Waals surface area contributed by atoms with Crippen LogP contribution in [-0.2, 0) is 13.1 Å². The Morgan fingerprint density at radius 1 is 1.30 bits per heavy atom. The highest BCUT2D eigenvalue weighted by atomic mass is 19.1. The first-order valence-corrected chi connectivity index (χ1v) is 6.12.